The molecule has 0 radical (unpaired) electrons. The molecule has 0 saturated heterocycles. The fraction of sp³-hybridized carbons (Fsp3) is 0.444. The molecule has 0 fully saturated rings. The summed E-state index contributed by atoms with van der Waals surface area (Å²) in [5, 5.41) is 9.67. The number of esters is 1. The van der Waals surface area contributed by atoms with Gasteiger partial charge in [0.1, 0.15) is 5.60 Å². The summed E-state index contributed by atoms with van der Waals surface area (Å²) in [7, 11) is 1.38. The first-order valence-corrected chi connectivity index (χ1v) is 11.3. The number of carbonyl (C=O) groups excluding carboxylic acids is 1. The smallest absolute Gasteiger partial charge is 0.337 e. The molecule has 0 aliphatic carbocycles. The van der Waals surface area contributed by atoms with Gasteiger partial charge >= 0.3 is 5.97 Å². The molecular weight excluding hydrogens is 416 g/mol. The summed E-state index contributed by atoms with van der Waals surface area (Å²) < 4.78 is 17.4. The van der Waals surface area contributed by atoms with E-state index in [0.29, 0.717) is 36.5 Å². The van der Waals surface area contributed by atoms with Gasteiger partial charge in [0.2, 0.25) is 0 Å². The number of hydrogen-bond acceptors (Lipinski definition) is 6. The summed E-state index contributed by atoms with van der Waals surface area (Å²) in [5.41, 5.74) is 5.34. The van der Waals surface area contributed by atoms with Crippen LogP contribution in [0.3, 0.4) is 0 Å². The Kier molecular flexibility index (Phi) is 5.69. The van der Waals surface area contributed by atoms with Crippen LogP contribution >= 0.6 is 0 Å². The predicted molar refractivity (Wildman–Crippen MR) is 127 cm³/mol. The lowest BCUT2D eigenvalue weighted by molar-refractivity contribution is 0.0600. The van der Waals surface area contributed by atoms with Crippen LogP contribution in [0.5, 0.6) is 11.5 Å². The van der Waals surface area contributed by atoms with Crippen LogP contribution in [0.4, 0.5) is 0 Å². The number of fused-ring (bicyclic) bond motifs is 3. The molecule has 33 heavy (non-hydrogen) atoms. The average molecular weight is 447 g/mol. The van der Waals surface area contributed by atoms with Gasteiger partial charge < -0.3 is 14.2 Å². The maximum Gasteiger partial charge on any atom is 0.337 e. The van der Waals surface area contributed by atoms with Crippen molar-refractivity contribution in [1.29, 1.82) is 5.26 Å². The molecule has 4 rings (SSSR count). The van der Waals surface area contributed by atoms with Gasteiger partial charge in [0.05, 0.1) is 43.0 Å². The first-order chi connectivity index (χ1) is 15.6. The molecule has 2 aliphatic heterocycles. The highest BCUT2D eigenvalue weighted by Gasteiger charge is 2.41. The maximum absolute atomic E-state index is 12.2. The van der Waals surface area contributed by atoms with E-state index in [1.165, 1.54) is 7.11 Å². The molecule has 2 aromatic carbocycles. The quantitative estimate of drug-likeness (QED) is 0.615. The minimum atomic E-state index is -0.404. The van der Waals surface area contributed by atoms with E-state index in [4.69, 9.17) is 19.2 Å². The molecule has 0 N–H and O–H groups in total. The lowest BCUT2D eigenvalue weighted by Crippen LogP contribution is -2.32. The van der Waals surface area contributed by atoms with E-state index in [0.717, 1.165) is 33.5 Å². The van der Waals surface area contributed by atoms with Gasteiger partial charge in [-0.1, -0.05) is 12.1 Å². The van der Waals surface area contributed by atoms with Crippen molar-refractivity contribution in [2.24, 2.45) is 4.99 Å². The Bertz CT molecular complexity index is 1200. The predicted octanol–water partition coefficient (Wildman–Crippen LogP) is 4.82. The Morgan fingerprint density at radius 3 is 2.64 bits per heavy atom. The Labute approximate surface area is 195 Å². The van der Waals surface area contributed by atoms with Crippen molar-refractivity contribution >= 4 is 11.7 Å². The summed E-state index contributed by atoms with van der Waals surface area (Å²) in [4.78, 5) is 17.4. The third kappa shape index (κ3) is 4.08. The van der Waals surface area contributed by atoms with Crippen molar-refractivity contribution in [2.45, 2.75) is 65.0 Å². The van der Waals surface area contributed by atoms with E-state index in [1.54, 1.807) is 6.07 Å². The number of ether oxygens (including phenoxy) is 3. The summed E-state index contributed by atoms with van der Waals surface area (Å²) >= 11 is 0. The largest absolute Gasteiger partial charge is 0.490 e. The number of benzene rings is 2. The Morgan fingerprint density at radius 1 is 1.21 bits per heavy atom. The molecule has 172 valence electrons. The summed E-state index contributed by atoms with van der Waals surface area (Å²) in [6.07, 6.45) is 1.61. The van der Waals surface area contributed by atoms with Gasteiger partial charge in [0, 0.05) is 28.7 Å². The number of rotatable bonds is 5. The monoisotopic (exact) mass is 446 g/mol. The number of nitriles is 1. The molecule has 0 amide bonds. The number of hydrogen-bond donors (Lipinski definition) is 0. The van der Waals surface area contributed by atoms with Crippen LogP contribution in [0.1, 0.15) is 72.8 Å². The lowest BCUT2D eigenvalue weighted by atomic mass is 9.78. The molecule has 6 heteroatoms. The molecule has 0 saturated carbocycles. The minimum absolute atomic E-state index is 0.223. The number of nitrogens with zero attached hydrogens (tertiary/aromatic N) is 2. The van der Waals surface area contributed by atoms with Gasteiger partial charge in [0.25, 0.3) is 0 Å². The fourth-order valence-corrected chi connectivity index (χ4v) is 4.87. The van der Waals surface area contributed by atoms with Crippen molar-refractivity contribution in [3.63, 3.8) is 0 Å². The topological polar surface area (TPSA) is 80.9 Å². The first-order valence-electron chi connectivity index (χ1n) is 11.3. The summed E-state index contributed by atoms with van der Waals surface area (Å²) in [6.45, 7) is 10.7. The van der Waals surface area contributed by atoms with Gasteiger partial charge in [0.15, 0.2) is 11.5 Å². The highest BCUT2D eigenvalue weighted by molar-refractivity contribution is 6.17. The van der Waals surface area contributed by atoms with Crippen molar-refractivity contribution in [2.75, 3.05) is 13.7 Å². The van der Waals surface area contributed by atoms with Crippen LogP contribution in [0.25, 0.3) is 0 Å². The third-order valence-corrected chi connectivity index (χ3v) is 6.07. The van der Waals surface area contributed by atoms with E-state index in [-0.39, 0.29) is 17.9 Å². The third-order valence-electron chi connectivity index (χ3n) is 6.07. The average Bonchev–Trinajstić information content (AvgIpc) is 3.09. The van der Waals surface area contributed by atoms with Crippen molar-refractivity contribution in [3.8, 4) is 17.6 Å². The van der Waals surface area contributed by atoms with E-state index in [2.05, 4.69) is 33.8 Å². The van der Waals surface area contributed by atoms with Crippen LogP contribution in [0.15, 0.2) is 29.3 Å². The number of carbonyl (C=O) groups is 1. The molecular formula is C27H30N2O4. The zero-order valence-corrected chi connectivity index (χ0v) is 20.2. The van der Waals surface area contributed by atoms with Gasteiger partial charge in [-0.05, 0) is 58.7 Å². The van der Waals surface area contributed by atoms with Gasteiger partial charge in [-0.3, -0.25) is 4.99 Å². The van der Waals surface area contributed by atoms with Crippen LogP contribution in [0, 0.1) is 11.3 Å². The van der Waals surface area contributed by atoms with E-state index >= 15 is 0 Å². The van der Waals surface area contributed by atoms with Crippen molar-refractivity contribution in [3.05, 3.63) is 57.6 Å². The Balaban J connectivity index is 2.04. The molecule has 2 aliphatic rings. The van der Waals surface area contributed by atoms with Crippen LogP contribution in [-0.4, -0.2) is 36.5 Å². The molecule has 6 nitrogen and oxygen atoms in total. The van der Waals surface area contributed by atoms with Crippen molar-refractivity contribution in [1.82, 2.24) is 0 Å². The zero-order chi connectivity index (χ0) is 24.0. The second kappa shape index (κ2) is 8.22. The zero-order valence-electron chi connectivity index (χ0n) is 20.2. The molecule has 2 heterocycles. The molecule has 0 unspecified atom stereocenters. The fourth-order valence-electron chi connectivity index (χ4n) is 4.87. The standard InChI is InChI=1S/C27H30N2O4/c1-7-32-23-18(11-12-28)19-14-26(2,3)29-22(16-9-8-10-17(13-16)25(30)31-6)21(19)20-15-27(4,5)33-24(20)23/h8-10,13H,7,11,14-15H2,1-6H3. The second-order valence-corrected chi connectivity index (χ2v) is 9.80. The van der Waals surface area contributed by atoms with Crippen LogP contribution in [0.2, 0.25) is 0 Å². The Hall–Kier alpha value is -3.33. The number of methoxy groups -OCH3 is 1. The van der Waals surface area contributed by atoms with E-state index < -0.39 is 5.60 Å². The maximum atomic E-state index is 12.2. The SMILES string of the molecule is CCOc1c(CC#N)c2c(c3c1OC(C)(C)C3)C(c1cccc(C(=O)OC)c1)=NC(C)(C)C2. The van der Waals surface area contributed by atoms with Crippen LogP contribution < -0.4 is 9.47 Å². The van der Waals surface area contributed by atoms with E-state index in [1.807, 2.05) is 25.1 Å². The second-order valence-electron chi connectivity index (χ2n) is 9.80. The normalized spacial score (nSPS) is 17.2. The molecule has 0 atom stereocenters. The highest BCUT2D eigenvalue weighted by Crippen LogP contribution is 2.50. The molecule has 0 bridgehead atoms. The highest BCUT2D eigenvalue weighted by atomic mass is 16.5. The first kappa shape index (κ1) is 22.8. The lowest BCUT2D eigenvalue weighted by Gasteiger charge is -2.33. The Morgan fingerprint density at radius 2 is 1.97 bits per heavy atom. The summed E-state index contributed by atoms with van der Waals surface area (Å²) in [5.74, 6) is 1.00. The minimum Gasteiger partial charge on any atom is -0.490 e. The van der Waals surface area contributed by atoms with Crippen LogP contribution in [-0.2, 0) is 24.0 Å². The van der Waals surface area contributed by atoms with Crippen molar-refractivity contribution < 1.29 is 19.0 Å². The molecule has 2 aromatic rings. The van der Waals surface area contributed by atoms with Gasteiger partial charge in [-0.2, -0.15) is 5.26 Å². The number of aliphatic imine (C=N–C) groups is 1. The van der Waals surface area contributed by atoms with Gasteiger partial charge in [-0.15, -0.1) is 0 Å². The molecule has 0 spiro atoms. The van der Waals surface area contributed by atoms with Gasteiger partial charge in [-0.25, -0.2) is 4.79 Å². The van der Waals surface area contributed by atoms with E-state index in [9.17, 15) is 10.1 Å². The summed E-state index contributed by atoms with van der Waals surface area (Å²) in [6, 6.07) is 9.69. The molecule has 0 aromatic heterocycles.